The molecule has 0 bridgehead atoms. The number of allylic oxidation sites excluding steroid dienone is 4. The van der Waals surface area contributed by atoms with Gasteiger partial charge < -0.3 is 5.73 Å². The molecule has 1 aliphatic carbocycles. The van der Waals surface area contributed by atoms with Gasteiger partial charge in [0.1, 0.15) is 0 Å². The SMILES string of the molecule is NC1=CCC2C=CN=CC2=C1. The topological polar surface area (TPSA) is 38.4 Å². The van der Waals surface area contributed by atoms with E-state index in [1.54, 1.807) is 0 Å². The average Bonchev–Trinajstić information content (AvgIpc) is 2.04. The fourth-order valence-electron chi connectivity index (χ4n) is 1.36. The lowest BCUT2D eigenvalue weighted by atomic mass is 9.90. The first-order valence-electron chi connectivity index (χ1n) is 3.73. The van der Waals surface area contributed by atoms with Gasteiger partial charge in [-0.1, -0.05) is 12.2 Å². The Labute approximate surface area is 65.8 Å². The predicted molar refractivity (Wildman–Crippen MR) is 46.1 cm³/mol. The summed E-state index contributed by atoms with van der Waals surface area (Å²) < 4.78 is 0. The minimum atomic E-state index is 0.514. The summed E-state index contributed by atoms with van der Waals surface area (Å²) in [6, 6.07) is 0. The molecule has 0 aromatic carbocycles. The van der Waals surface area contributed by atoms with E-state index in [4.69, 9.17) is 5.73 Å². The molecule has 1 atom stereocenters. The van der Waals surface area contributed by atoms with E-state index in [1.165, 1.54) is 5.57 Å². The molecule has 2 heteroatoms. The highest BCUT2D eigenvalue weighted by atomic mass is 14.7. The van der Waals surface area contributed by atoms with Gasteiger partial charge in [-0.25, -0.2) is 0 Å². The normalized spacial score (nSPS) is 27.5. The second kappa shape index (κ2) is 2.38. The average molecular weight is 146 g/mol. The van der Waals surface area contributed by atoms with Crippen molar-refractivity contribution in [3.8, 4) is 0 Å². The van der Waals surface area contributed by atoms with Gasteiger partial charge in [0.25, 0.3) is 0 Å². The summed E-state index contributed by atoms with van der Waals surface area (Å²) >= 11 is 0. The zero-order valence-corrected chi connectivity index (χ0v) is 6.20. The lowest BCUT2D eigenvalue weighted by Crippen LogP contribution is -2.11. The van der Waals surface area contributed by atoms with Crippen LogP contribution in [0.5, 0.6) is 0 Å². The second-order valence-corrected chi connectivity index (χ2v) is 2.81. The Morgan fingerprint density at radius 2 is 2.45 bits per heavy atom. The van der Waals surface area contributed by atoms with Gasteiger partial charge in [-0.2, -0.15) is 0 Å². The van der Waals surface area contributed by atoms with E-state index in [2.05, 4.69) is 17.1 Å². The molecule has 0 spiro atoms. The largest absolute Gasteiger partial charge is 0.399 e. The number of nitrogens with zero attached hydrogens (tertiary/aromatic N) is 1. The quantitative estimate of drug-likeness (QED) is 0.550. The van der Waals surface area contributed by atoms with Crippen LogP contribution in [-0.2, 0) is 0 Å². The third-order valence-electron chi connectivity index (χ3n) is 2.00. The van der Waals surface area contributed by atoms with Crippen molar-refractivity contribution < 1.29 is 0 Å². The van der Waals surface area contributed by atoms with Gasteiger partial charge in [0.2, 0.25) is 0 Å². The zero-order valence-electron chi connectivity index (χ0n) is 6.20. The van der Waals surface area contributed by atoms with Crippen LogP contribution in [0.15, 0.2) is 40.7 Å². The Morgan fingerprint density at radius 3 is 3.36 bits per heavy atom. The molecule has 56 valence electrons. The van der Waals surface area contributed by atoms with Gasteiger partial charge in [-0.3, -0.25) is 4.99 Å². The highest BCUT2D eigenvalue weighted by Gasteiger charge is 2.14. The molecule has 2 rings (SSSR count). The molecular formula is C9H10N2. The standard InChI is InChI=1S/C9H10N2/c10-9-2-1-7-3-4-11-6-8(7)5-9/h2-7H,1,10H2. The van der Waals surface area contributed by atoms with E-state index in [0.717, 1.165) is 12.1 Å². The fourth-order valence-corrected chi connectivity index (χ4v) is 1.36. The highest BCUT2D eigenvalue weighted by Crippen LogP contribution is 2.24. The van der Waals surface area contributed by atoms with Crippen LogP contribution in [0.3, 0.4) is 0 Å². The lowest BCUT2D eigenvalue weighted by molar-refractivity contribution is 0.781. The molecule has 1 aliphatic heterocycles. The predicted octanol–water partition coefficient (Wildman–Crippen LogP) is 1.37. The first kappa shape index (κ1) is 6.40. The molecule has 0 amide bonds. The third kappa shape index (κ3) is 1.11. The molecule has 1 unspecified atom stereocenters. The Kier molecular flexibility index (Phi) is 1.39. The molecule has 0 saturated carbocycles. The van der Waals surface area contributed by atoms with E-state index in [9.17, 15) is 0 Å². The Hall–Kier alpha value is -1.31. The molecule has 0 saturated heterocycles. The van der Waals surface area contributed by atoms with Crippen LogP contribution in [0.25, 0.3) is 0 Å². The van der Waals surface area contributed by atoms with Crippen LogP contribution in [0.4, 0.5) is 0 Å². The van der Waals surface area contributed by atoms with Crippen LogP contribution in [0, 0.1) is 5.92 Å². The first-order chi connectivity index (χ1) is 5.36. The Morgan fingerprint density at radius 1 is 1.55 bits per heavy atom. The number of rotatable bonds is 0. The van der Waals surface area contributed by atoms with Crippen LogP contribution in [-0.4, -0.2) is 6.21 Å². The number of hydrogen-bond acceptors (Lipinski definition) is 2. The summed E-state index contributed by atoms with van der Waals surface area (Å²) in [7, 11) is 0. The maximum atomic E-state index is 5.64. The van der Waals surface area contributed by atoms with Crippen molar-refractivity contribution in [2.45, 2.75) is 6.42 Å². The zero-order chi connectivity index (χ0) is 7.68. The van der Waals surface area contributed by atoms with E-state index in [0.29, 0.717) is 5.92 Å². The molecule has 0 radical (unpaired) electrons. The summed E-state index contributed by atoms with van der Waals surface area (Å²) in [4.78, 5) is 4.04. The van der Waals surface area contributed by atoms with Gasteiger partial charge in [-0.15, -0.1) is 0 Å². The summed E-state index contributed by atoms with van der Waals surface area (Å²) in [5, 5.41) is 0. The van der Waals surface area contributed by atoms with Crippen LogP contribution < -0.4 is 5.73 Å². The molecular weight excluding hydrogens is 136 g/mol. The third-order valence-corrected chi connectivity index (χ3v) is 2.00. The highest BCUT2D eigenvalue weighted by molar-refractivity contribution is 5.82. The number of nitrogens with two attached hydrogens (primary N) is 1. The molecule has 2 aliphatic rings. The molecule has 2 nitrogen and oxygen atoms in total. The van der Waals surface area contributed by atoms with Crippen molar-refractivity contribution in [1.29, 1.82) is 0 Å². The molecule has 0 aromatic rings. The van der Waals surface area contributed by atoms with Crippen LogP contribution in [0.2, 0.25) is 0 Å². The summed E-state index contributed by atoms with van der Waals surface area (Å²) in [5.41, 5.74) is 7.73. The smallest absolute Gasteiger partial charge is 0.0306 e. The molecule has 0 fully saturated rings. The van der Waals surface area contributed by atoms with Crippen molar-refractivity contribution >= 4 is 6.21 Å². The van der Waals surface area contributed by atoms with Gasteiger partial charge in [-0.05, 0) is 18.1 Å². The second-order valence-electron chi connectivity index (χ2n) is 2.81. The monoisotopic (exact) mass is 146 g/mol. The molecule has 0 aromatic heterocycles. The minimum Gasteiger partial charge on any atom is -0.399 e. The Bertz CT molecular complexity index is 282. The van der Waals surface area contributed by atoms with Crippen LogP contribution >= 0.6 is 0 Å². The molecule has 1 heterocycles. The van der Waals surface area contributed by atoms with Gasteiger partial charge in [0.15, 0.2) is 0 Å². The van der Waals surface area contributed by atoms with Crippen molar-refractivity contribution in [3.63, 3.8) is 0 Å². The number of aliphatic imine (C=N–C) groups is 1. The van der Waals surface area contributed by atoms with Gasteiger partial charge in [0, 0.05) is 24.0 Å². The van der Waals surface area contributed by atoms with Crippen molar-refractivity contribution in [2.24, 2.45) is 16.6 Å². The minimum absolute atomic E-state index is 0.514. The number of fused-ring (bicyclic) bond motifs is 1. The summed E-state index contributed by atoms with van der Waals surface area (Å²) in [5.74, 6) is 0.514. The lowest BCUT2D eigenvalue weighted by Gasteiger charge is -2.18. The Balaban J connectivity index is 2.33. The fraction of sp³-hybridized carbons (Fsp3) is 0.222. The first-order valence-corrected chi connectivity index (χ1v) is 3.73. The van der Waals surface area contributed by atoms with Crippen molar-refractivity contribution in [1.82, 2.24) is 0 Å². The van der Waals surface area contributed by atoms with Crippen LogP contribution in [0.1, 0.15) is 6.42 Å². The molecule has 2 N–H and O–H groups in total. The summed E-state index contributed by atoms with van der Waals surface area (Å²) in [6.07, 6.45) is 10.9. The maximum absolute atomic E-state index is 5.64. The van der Waals surface area contributed by atoms with E-state index in [-0.39, 0.29) is 0 Å². The van der Waals surface area contributed by atoms with Crippen molar-refractivity contribution in [2.75, 3.05) is 0 Å². The van der Waals surface area contributed by atoms with Gasteiger partial charge >= 0.3 is 0 Å². The number of hydrogen-bond donors (Lipinski definition) is 1. The van der Waals surface area contributed by atoms with Gasteiger partial charge in [0.05, 0.1) is 0 Å². The summed E-state index contributed by atoms with van der Waals surface area (Å²) in [6.45, 7) is 0. The molecule has 11 heavy (non-hydrogen) atoms. The van der Waals surface area contributed by atoms with E-state index < -0.39 is 0 Å². The van der Waals surface area contributed by atoms with E-state index in [1.807, 2.05) is 18.5 Å². The van der Waals surface area contributed by atoms with Crippen molar-refractivity contribution in [3.05, 3.63) is 35.7 Å². The van der Waals surface area contributed by atoms with E-state index >= 15 is 0 Å². The maximum Gasteiger partial charge on any atom is 0.0306 e.